The third-order valence-electron chi connectivity index (χ3n) is 4.49. The molecule has 1 fully saturated rings. The van der Waals surface area contributed by atoms with Crippen LogP contribution in [0, 0.1) is 5.92 Å². The Kier molecular flexibility index (Phi) is 4.78. The lowest BCUT2D eigenvalue weighted by atomic mass is 9.99. The second kappa shape index (κ2) is 6.97. The minimum Gasteiger partial charge on any atom is -0.383 e. The zero-order valence-corrected chi connectivity index (χ0v) is 13.5. The molecule has 1 aromatic carbocycles. The standard InChI is InChI=1S/C18H25N3O/c1-14-7-11-21(12-8-14)18-16-4-3-5-17(19-10-13-22-2)15(16)6-9-20-18/h3-6,9,14,19H,7-8,10-13H2,1-2H3. The number of piperidine rings is 1. The van der Waals surface area contributed by atoms with Crippen LogP contribution in [0.4, 0.5) is 11.5 Å². The summed E-state index contributed by atoms with van der Waals surface area (Å²) in [4.78, 5) is 7.10. The third-order valence-corrected chi connectivity index (χ3v) is 4.49. The van der Waals surface area contributed by atoms with Gasteiger partial charge in [-0.05, 0) is 30.9 Å². The fourth-order valence-electron chi connectivity index (χ4n) is 3.11. The van der Waals surface area contributed by atoms with E-state index in [2.05, 4.69) is 46.4 Å². The molecule has 4 heteroatoms. The van der Waals surface area contributed by atoms with Crippen molar-refractivity contribution in [2.45, 2.75) is 19.8 Å². The number of hydrogen-bond acceptors (Lipinski definition) is 4. The molecule has 118 valence electrons. The van der Waals surface area contributed by atoms with Crippen LogP contribution in [0.5, 0.6) is 0 Å². The molecule has 4 nitrogen and oxygen atoms in total. The van der Waals surface area contributed by atoms with Crippen molar-refractivity contribution in [2.75, 3.05) is 43.6 Å². The summed E-state index contributed by atoms with van der Waals surface area (Å²) in [6, 6.07) is 8.51. The van der Waals surface area contributed by atoms with Crippen LogP contribution in [0.1, 0.15) is 19.8 Å². The van der Waals surface area contributed by atoms with Gasteiger partial charge in [0.05, 0.1) is 6.61 Å². The Morgan fingerprint density at radius 1 is 1.23 bits per heavy atom. The summed E-state index contributed by atoms with van der Waals surface area (Å²) in [7, 11) is 1.73. The highest BCUT2D eigenvalue weighted by Gasteiger charge is 2.19. The number of fused-ring (bicyclic) bond motifs is 1. The first-order chi connectivity index (χ1) is 10.8. The predicted molar refractivity (Wildman–Crippen MR) is 92.7 cm³/mol. The predicted octanol–water partition coefficient (Wildman–Crippen LogP) is 3.53. The molecule has 22 heavy (non-hydrogen) atoms. The van der Waals surface area contributed by atoms with Crippen molar-refractivity contribution in [3.05, 3.63) is 30.5 Å². The summed E-state index contributed by atoms with van der Waals surface area (Å²) < 4.78 is 5.12. The lowest BCUT2D eigenvalue weighted by Crippen LogP contribution is -2.33. The van der Waals surface area contributed by atoms with Crippen molar-refractivity contribution in [3.8, 4) is 0 Å². The summed E-state index contributed by atoms with van der Waals surface area (Å²) in [5.74, 6) is 1.96. The molecule has 1 saturated heterocycles. The van der Waals surface area contributed by atoms with Gasteiger partial charge >= 0.3 is 0 Å². The molecule has 1 aliphatic rings. The lowest BCUT2D eigenvalue weighted by molar-refractivity contribution is 0.211. The van der Waals surface area contributed by atoms with Crippen LogP contribution in [0.3, 0.4) is 0 Å². The molecule has 1 N–H and O–H groups in total. The molecule has 0 atom stereocenters. The molecule has 0 radical (unpaired) electrons. The first-order valence-electron chi connectivity index (χ1n) is 8.15. The third kappa shape index (κ3) is 3.17. The van der Waals surface area contributed by atoms with E-state index >= 15 is 0 Å². The fourth-order valence-corrected chi connectivity index (χ4v) is 3.11. The van der Waals surface area contributed by atoms with Crippen molar-refractivity contribution in [1.82, 2.24) is 4.98 Å². The van der Waals surface area contributed by atoms with Crippen molar-refractivity contribution in [3.63, 3.8) is 0 Å². The second-order valence-electron chi connectivity index (χ2n) is 6.12. The minimum absolute atomic E-state index is 0.707. The van der Waals surface area contributed by atoms with Gasteiger partial charge in [-0.15, -0.1) is 0 Å². The molecule has 0 spiro atoms. The number of aromatic nitrogens is 1. The molecular formula is C18H25N3O. The van der Waals surface area contributed by atoms with Crippen LogP contribution in [0.2, 0.25) is 0 Å². The zero-order valence-electron chi connectivity index (χ0n) is 13.5. The van der Waals surface area contributed by atoms with Crippen LogP contribution in [0.15, 0.2) is 30.5 Å². The molecular weight excluding hydrogens is 274 g/mol. The van der Waals surface area contributed by atoms with Gasteiger partial charge in [-0.3, -0.25) is 0 Å². The van der Waals surface area contributed by atoms with Gasteiger partial charge in [0, 0.05) is 49.4 Å². The summed E-state index contributed by atoms with van der Waals surface area (Å²) in [6.07, 6.45) is 4.44. The highest BCUT2D eigenvalue weighted by Crippen LogP contribution is 2.31. The quantitative estimate of drug-likeness (QED) is 0.857. The Labute approximate surface area is 132 Å². The molecule has 0 unspecified atom stereocenters. The number of pyridine rings is 1. The van der Waals surface area contributed by atoms with E-state index in [0.29, 0.717) is 6.61 Å². The molecule has 2 heterocycles. The first kappa shape index (κ1) is 15.1. The van der Waals surface area contributed by atoms with Gasteiger partial charge in [-0.25, -0.2) is 4.98 Å². The van der Waals surface area contributed by atoms with E-state index in [1.807, 2.05) is 6.20 Å². The Morgan fingerprint density at radius 3 is 2.82 bits per heavy atom. The van der Waals surface area contributed by atoms with Gasteiger partial charge in [0.2, 0.25) is 0 Å². The number of anilines is 2. The topological polar surface area (TPSA) is 37.4 Å². The van der Waals surface area contributed by atoms with Crippen molar-refractivity contribution >= 4 is 22.3 Å². The smallest absolute Gasteiger partial charge is 0.136 e. The monoisotopic (exact) mass is 299 g/mol. The fraction of sp³-hybridized carbons (Fsp3) is 0.500. The molecule has 0 aliphatic carbocycles. The van der Waals surface area contributed by atoms with Crippen LogP contribution in [-0.2, 0) is 4.74 Å². The van der Waals surface area contributed by atoms with Crippen LogP contribution in [-0.4, -0.2) is 38.3 Å². The average molecular weight is 299 g/mol. The second-order valence-corrected chi connectivity index (χ2v) is 6.12. The number of methoxy groups -OCH3 is 1. The molecule has 0 amide bonds. The number of ether oxygens (including phenoxy) is 1. The van der Waals surface area contributed by atoms with Gasteiger partial charge < -0.3 is 15.0 Å². The van der Waals surface area contributed by atoms with Gasteiger partial charge in [0.1, 0.15) is 5.82 Å². The zero-order chi connectivity index (χ0) is 15.4. The summed E-state index contributed by atoms with van der Waals surface area (Å²) in [6.45, 7) is 6.07. The Morgan fingerprint density at radius 2 is 2.05 bits per heavy atom. The molecule has 2 aromatic rings. The van der Waals surface area contributed by atoms with E-state index in [1.165, 1.54) is 23.6 Å². The van der Waals surface area contributed by atoms with Gasteiger partial charge in [0.15, 0.2) is 0 Å². The molecule has 3 rings (SSSR count). The van der Waals surface area contributed by atoms with Crippen LogP contribution in [0.25, 0.3) is 10.8 Å². The summed E-state index contributed by atoms with van der Waals surface area (Å²) in [5, 5.41) is 5.93. The van der Waals surface area contributed by atoms with E-state index in [0.717, 1.165) is 37.1 Å². The van der Waals surface area contributed by atoms with Crippen molar-refractivity contribution < 1.29 is 4.74 Å². The molecule has 1 aromatic heterocycles. The minimum atomic E-state index is 0.707. The largest absolute Gasteiger partial charge is 0.383 e. The highest BCUT2D eigenvalue weighted by atomic mass is 16.5. The van der Waals surface area contributed by atoms with Crippen LogP contribution < -0.4 is 10.2 Å². The van der Waals surface area contributed by atoms with Gasteiger partial charge in [0.25, 0.3) is 0 Å². The number of nitrogens with one attached hydrogen (secondary N) is 1. The van der Waals surface area contributed by atoms with Crippen molar-refractivity contribution in [1.29, 1.82) is 0 Å². The summed E-state index contributed by atoms with van der Waals surface area (Å²) >= 11 is 0. The average Bonchev–Trinajstić information content (AvgIpc) is 2.56. The van der Waals surface area contributed by atoms with E-state index in [9.17, 15) is 0 Å². The highest BCUT2D eigenvalue weighted by molar-refractivity contribution is 6.00. The van der Waals surface area contributed by atoms with Crippen LogP contribution >= 0.6 is 0 Å². The van der Waals surface area contributed by atoms with E-state index in [4.69, 9.17) is 4.74 Å². The Bertz CT molecular complexity index is 621. The number of rotatable bonds is 5. The van der Waals surface area contributed by atoms with Gasteiger partial charge in [-0.2, -0.15) is 0 Å². The van der Waals surface area contributed by atoms with E-state index in [-0.39, 0.29) is 0 Å². The Hall–Kier alpha value is -1.81. The Balaban J connectivity index is 1.90. The molecule has 0 bridgehead atoms. The van der Waals surface area contributed by atoms with E-state index in [1.54, 1.807) is 7.11 Å². The maximum atomic E-state index is 5.12. The normalized spacial score (nSPS) is 16.2. The number of nitrogens with zero attached hydrogens (tertiary/aromatic N) is 2. The first-order valence-corrected chi connectivity index (χ1v) is 8.15. The van der Waals surface area contributed by atoms with Gasteiger partial charge in [-0.1, -0.05) is 19.1 Å². The maximum absolute atomic E-state index is 5.12. The van der Waals surface area contributed by atoms with E-state index < -0.39 is 0 Å². The summed E-state index contributed by atoms with van der Waals surface area (Å²) in [5.41, 5.74) is 1.16. The lowest BCUT2D eigenvalue weighted by Gasteiger charge is -2.32. The molecule has 0 saturated carbocycles. The number of benzene rings is 1. The SMILES string of the molecule is COCCNc1cccc2c(N3CCC(C)CC3)nccc12. The molecule has 1 aliphatic heterocycles. The maximum Gasteiger partial charge on any atom is 0.136 e. The number of hydrogen-bond donors (Lipinski definition) is 1. The van der Waals surface area contributed by atoms with Crippen molar-refractivity contribution in [2.24, 2.45) is 5.92 Å².